The summed E-state index contributed by atoms with van der Waals surface area (Å²) in [6.07, 6.45) is 4.31. The summed E-state index contributed by atoms with van der Waals surface area (Å²) in [5, 5.41) is 0.888. The maximum absolute atomic E-state index is 6.17. The Balaban J connectivity index is 1.89. The van der Waals surface area contributed by atoms with Gasteiger partial charge in [-0.25, -0.2) is 0 Å². The molecule has 0 radical (unpaired) electrons. The molecule has 0 heterocycles. The van der Waals surface area contributed by atoms with E-state index >= 15 is 0 Å². The second-order valence-corrected chi connectivity index (χ2v) is 6.78. The van der Waals surface area contributed by atoms with Crippen LogP contribution in [0.15, 0.2) is 24.3 Å². The minimum atomic E-state index is 0.741. The molecule has 2 heteroatoms. The van der Waals surface area contributed by atoms with Gasteiger partial charge in [-0.2, -0.15) is 0 Å². The number of fused-ring (bicyclic) bond motifs is 2. The van der Waals surface area contributed by atoms with Crippen LogP contribution in [0.1, 0.15) is 30.7 Å². The molecule has 98 valence electrons. The quantitative estimate of drug-likeness (QED) is 0.796. The third kappa shape index (κ3) is 2.19. The maximum atomic E-state index is 6.17. The van der Waals surface area contributed by atoms with Gasteiger partial charge in [0, 0.05) is 11.6 Å². The molecule has 1 aromatic carbocycles. The van der Waals surface area contributed by atoms with Gasteiger partial charge in [-0.1, -0.05) is 23.7 Å². The Morgan fingerprint density at radius 1 is 1.22 bits per heavy atom. The Kier molecular flexibility index (Phi) is 3.38. The molecular weight excluding hydrogens is 242 g/mol. The Morgan fingerprint density at radius 3 is 2.72 bits per heavy atom. The molecule has 1 aromatic rings. The summed E-state index contributed by atoms with van der Waals surface area (Å²) in [6.45, 7) is 1.22. The largest absolute Gasteiger partial charge is 0.309 e. The third-order valence-corrected chi connectivity index (χ3v) is 5.13. The van der Waals surface area contributed by atoms with Gasteiger partial charge in [0.1, 0.15) is 0 Å². The summed E-state index contributed by atoms with van der Waals surface area (Å²) in [5.74, 6) is 3.42. The van der Waals surface area contributed by atoms with Crippen LogP contribution >= 0.6 is 11.6 Å². The Labute approximate surface area is 115 Å². The fourth-order valence-corrected chi connectivity index (χ4v) is 4.53. The summed E-state index contributed by atoms with van der Waals surface area (Å²) < 4.78 is 0. The zero-order valence-electron chi connectivity index (χ0n) is 11.3. The molecule has 0 saturated heterocycles. The minimum absolute atomic E-state index is 0.741. The van der Waals surface area contributed by atoms with E-state index in [0.717, 1.165) is 28.7 Å². The monoisotopic (exact) mass is 263 g/mol. The Morgan fingerprint density at radius 2 is 2.00 bits per heavy atom. The molecule has 0 amide bonds. The molecule has 2 bridgehead atoms. The highest BCUT2D eigenvalue weighted by Gasteiger charge is 2.47. The van der Waals surface area contributed by atoms with E-state index in [-0.39, 0.29) is 0 Å². The van der Waals surface area contributed by atoms with Crippen LogP contribution in [0.2, 0.25) is 5.02 Å². The molecule has 0 aromatic heterocycles. The minimum Gasteiger partial charge on any atom is -0.309 e. The van der Waals surface area contributed by atoms with Gasteiger partial charge in [-0.15, -0.1) is 0 Å². The molecule has 2 saturated carbocycles. The van der Waals surface area contributed by atoms with Crippen LogP contribution in [0, 0.1) is 17.8 Å². The average molecular weight is 264 g/mol. The van der Waals surface area contributed by atoms with E-state index in [9.17, 15) is 0 Å². The van der Waals surface area contributed by atoms with Crippen LogP contribution in [-0.4, -0.2) is 25.5 Å². The lowest BCUT2D eigenvalue weighted by atomic mass is 9.75. The van der Waals surface area contributed by atoms with Crippen molar-refractivity contribution < 1.29 is 0 Å². The lowest BCUT2D eigenvalue weighted by Crippen LogP contribution is -2.30. The van der Waals surface area contributed by atoms with Gasteiger partial charge in [0.15, 0.2) is 0 Å². The number of hydrogen-bond donors (Lipinski definition) is 0. The van der Waals surface area contributed by atoms with Crippen molar-refractivity contribution >= 4 is 11.6 Å². The van der Waals surface area contributed by atoms with Crippen LogP contribution in [0.25, 0.3) is 0 Å². The number of hydrogen-bond acceptors (Lipinski definition) is 1. The highest BCUT2D eigenvalue weighted by Crippen LogP contribution is 2.56. The average Bonchev–Trinajstić information content (AvgIpc) is 2.88. The second kappa shape index (κ2) is 4.86. The summed E-state index contributed by atoms with van der Waals surface area (Å²) in [6, 6.07) is 8.56. The van der Waals surface area contributed by atoms with Crippen LogP contribution < -0.4 is 0 Å². The molecule has 1 nitrogen and oxygen atoms in total. The molecule has 0 spiro atoms. The van der Waals surface area contributed by atoms with Crippen molar-refractivity contribution in [2.45, 2.75) is 25.2 Å². The third-order valence-electron chi connectivity index (χ3n) is 4.90. The first-order valence-electron chi connectivity index (χ1n) is 7.05. The molecule has 4 atom stereocenters. The van der Waals surface area contributed by atoms with Gasteiger partial charge in [-0.05, 0) is 74.7 Å². The van der Waals surface area contributed by atoms with Gasteiger partial charge in [0.2, 0.25) is 0 Å². The van der Waals surface area contributed by atoms with E-state index in [0.29, 0.717) is 0 Å². The van der Waals surface area contributed by atoms with Gasteiger partial charge < -0.3 is 4.90 Å². The predicted octanol–water partition coefficient (Wildman–Crippen LogP) is 4.03. The molecule has 2 aliphatic rings. The summed E-state index contributed by atoms with van der Waals surface area (Å²) >= 11 is 6.17. The van der Waals surface area contributed by atoms with Crippen molar-refractivity contribution in [2.75, 3.05) is 20.6 Å². The molecule has 0 unspecified atom stereocenters. The number of benzene rings is 1. The normalized spacial score (nSPS) is 34.4. The number of halogens is 1. The predicted molar refractivity (Wildman–Crippen MR) is 77.1 cm³/mol. The first-order chi connectivity index (χ1) is 8.65. The van der Waals surface area contributed by atoms with Gasteiger partial charge in [-0.3, -0.25) is 0 Å². The fourth-order valence-electron chi connectivity index (χ4n) is 4.33. The Hall–Kier alpha value is -0.530. The van der Waals surface area contributed by atoms with Gasteiger partial charge in [0.05, 0.1) is 0 Å². The SMILES string of the molecule is CN(C)C[C@@H]1[C@@H]2CC[C@@H](C2)[C@H]1c1cccc(Cl)c1. The zero-order chi connectivity index (χ0) is 12.7. The lowest BCUT2D eigenvalue weighted by molar-refractivity contribution is 0.219. The van der Waals surface area contributed by atoms with Crippen LogP contribution in [0.4, 0.5) is 0 Å². The lowest BCUT2D eigenvalue weighted by Gasteiger charge is -2.33. The highest BCUT2D eigenvalue weighted by atomic mass is 35.5. The van der Waals surface area contributed by atoms with Gasteiger partial charge >= 0.3 is 0 Å². The van der Waals surface area contributed by atoms with Crippen LogP contribution in [-0.2, 0) is 0 Å². The fraction of sp³-hybridized carbons (Fsp3) is 0.625. The van der Waals surface area contributed by atoms with E-state index in [1.54, 1.807) is 0 Å². The van der Waals surface area contributed by atoms with E-state index in [1.807, 2.05) is 6.07 Å². The first-order valence-corrected chi connectivity index (χ1v) is 7.43. The molecule has 0 aliphatic heterocycles. The molecule has 18 heavy (non-hydrogen) atoms. The highest BCUT2D eigenvalue weighted by molar-refractivity contribution is 6.30. The van der Waals surface area contributed by atoms with Crippen LogP contribution in [0.3, 0.4) is 0 Å². The van der Waals surface area contributed by atoms with Crippen molar-refractivity contribution in [3.05, 3.63) is 34.9 Å². The topological polar surface area (TPSA) is 3.24 Å². The summed E-state index contributed by atoms with van der Waals surface area (Å²) in [5.41, 5.74) is 1.47. The Bertz CT molecular complexity index is 429. The standard InChI is InChI=1S/C16H22ClN/c1-18(2)10-15-11-6-7-13(8-11)16(15)12-4-3-5-14(17)9-12/h3-5,9,11,13,15-16H,6-8,10H2,1-2H3/t11-,13+,15-,16-/m1/s1. The van der Waals surface area contributed by atoms with Crippen molar-refractivity contribution in [3.8, 4) is 0 Å². The van der Waals surface area contributed by atoms with E-state index in [1.165, 1.54) is 31.4 Å². The van der Waals surface area contributed by atoms with E-state index in [4.69, 9.17) is 11.6 Å². The first kappa shape index (κ1) is 12.5. The molecule has 0 N–H and O–H groups in total. The number of rotatable bonds is 3. The van der Waals surface area contributed by atoms with Crippen molar-refractivity contribution in [1.82, 2.24) is 4.90 Å². The molecule has 2 fully saturated rings. The molecule has 2 aliphatic carbocycles. The molecular formula is C16H22ClN. The van der Waals surface area contributed by atoms with Crippen molar-refractivity contribution in [3.63, 3.8) is 0 Å². The van der Waals surface area contributed by atoms with E-state index in [2.05, 4.69) is 37.2 Å². The zero-order valence-corrected chi connectivity index (χ0v) is 12.0. The number of nitrogens with zero attached hydrogens (tertiary/aromatic N) is 1. The summed E-state index contributed by atoms with van der Waals surface area (Å²) in [7, 11) is 4.39. The van der Waals surface area contributed by atoms with Crippen LogP contribution in [0.5, 0.6) is 0 Å². The maximum Gasteiger partial charge on any atom is 0.0408 e. The van der Waals surface area contributed by atoms with E-state index < -0.39 is 0 Å². The smallest absolute Gasteiger partial charge is 0.0408 e. The van der Waals surface area contributed by atoms with Crippen molar-refractivity contribution in [2.24, 2.45) is 17.8 Å². The summed E-state index contributed by atoms with van der Waals surface area (Å²) in [4.78, 5) is 2.35. The molecule has 3 rings (SSSR count). The second-order valence-electron chi connectivity index (χ2n) is 6.34. The van der Waals surface area contributed by atoms with Crippen molar-refractivity contribution in [1.29, 1.82) is 0 Å². The van der Waals surface area contributed by atoms with Gasteiger partial charge in [0.25, 0.3) is 0 Å².